The Morgan fingerprint density at radius 1 is 1.00 bits per heavy atom. The molecule has 66 heavy (non-hydrogen) atoms. The number of para-hydroxylation sites is 1. The molecule has 19 heteroatoms. The van der Waals surface area contributed by atoms with Gasteiger partial charge in [0.25, 0.3) is 5.91 Å². The first-order chi connectivity index (χ1) is 31.6. The minimum atomic E-state index is -4.06. The number of nitrogens with zero attached hydrogens (tertiary/aromatic N) is 3. The largest absolute Gasteiger partial charge is 0.486 e. The normalized spacial score (nSPS) is 32.5. The molecule has 17 nitrogen and oxygen atoms in total. The number of alkyl carbamates (subject to hydrolysis) is 1. The summed E-state index contributed by atoms with van der Waals surface area (Å²) in [5, 5.41) is 16.0. The number of sulfonamides is 1. The summed E-state index contributed by atoms with van der Waals surface area (Å²) in [5.41, 5.74) is -0.544. The summed E-state index contributed by atoms with van der Waals surface area (Å²) >= 11 is 0. The zero-order chi connectivity index (χ0) is 46.5. The fourth-order valence-corrected chi connectivity index (χ4v) is 11.8. The molecular weight excluding hydrogens is 876 g/mol. The van der Waals surface area contributed by atoms with Crippen LogP contribution < -0.4 is 24.8 Å². The van der Waals surface area contributed by atoms with Crippen LogP contribution in [0.3, 0.4) is 0 Å². The van der Waals surface area contributed by atoms with Crippen molar-refractivity contribution in [3.05, 3.63) is 42.5 Å². The maximum Gasteiger partial charge on any atom is 0.408 e. The maximum absolute atomic E-state index is 15.8. The van der Waals surface area contributed by atoms with E-state index in [0.717, 1.165) is 43.4 Å². The summed E-state index contributed by atoms with van der Waals surface area (Å²) in [6, 6.07) is 5.00. The van der Waals surface area contributed by atoms with Gasteiger partial charge in [0.1, 0.15) is 41.7 Å². The number of amides is 5. The fourth-order valence-electron chi connectivity index (χ4n) is 10.5. The summed E-state index contributed by atoms with van der Waals surface area (Å²) in [6.07, 6.45) is 5.24. The Hall–Kier alpha value is -5.20. The maximum atomic E-state index is 15.8. The van der Waals surface area contributed by atoms with Crippen LogP contribution in [-0.2, 0) is 35.6 Å². The lowest BCUT2D eigenvalue weighted by molar-refractivity contribution is -0.142. The number of piperidine rings is 1. The zero-order valence-electron chi connectivity index (χ0n) is 37.4. The van der Waals surface area contributed by atoms with Gasteiger partial charge in [0.2, 0.25) is 27.7 Å². The number of alkyl halides is 1. The predicted octanol–water partition coefficient (Wildman–Crippen LogP) is 5.29. The number of hydrogen-bond donors (Lipinski definition) is 4. The number of aromatic nitrogens is 1. The van der Waals surface area contributed by atoms with Gasteiger partial charge in [-0.25, -0.2) is 27.4 Å². The van der Waals surface area contributed by atoms with Crippen molar-refractivity contribution in [2.24, 2.45) is 17.8 Å². The number of benzene rings is 1. The molecule has 2 aromatic rings. The van der Waals surface area contributed by atoms with E-state index in [9.17, 15) is 32.7 Å². The van der Waals surface area contributed by atoms with Gasteiger partial charge in [0.15, 0.2) is 6.17 Å². The molecule has 2 bridgehead atoms. The number of nitrogens with one attached hydrogen (secondary N) is 3. The van der Waals surface area contributed by atoms with Crippen molar-refractivity contribution in [2.75, 3.05) is 19.6 Å². The molecule has 4 N–H and O–H groups in total. The molecule has 6 fully saturated rings. The first kappa shape index (κ1) is 45.9. The standard InChI is InChI=1S/C47H61FN6O11S/c1-3-29-24-47(29,43(57)52-66(61,62)46(2)19-20-46)51-40(55)35-23-30-25-54(35)42(56)38(27-12-6-4-7-13-27)50-44(58)65-37-22-28(37)14-8-5-9-16-32-39(31-15-10-11-17-34(31)49-41(32)63-30)64-36-18-21-53(45(59)60)26-33(36)48/h3,10-11,15,17,27-30,33,35-38H,1,4-9,12-14,16,18-26H2,2H3,(H,50,58)(H,51,55)(H,52,57)(H,59,60)/t28-,29-,30-,33+,35+,36-,37-,38+,47-/m1/s1. The number of halogens is 1. The second kappa shape index (κ2) is 18.1. The molecule has 5 amide bonds. The molecule has 2 saturated heterocycles. The molecular formula is C47H61FN6O11S. The predicted molar refractivity (Wildman–Crippen MR) is 238 cm³/mol. The van der Waals surface area contributed by atoms with Crippen LogP contribution in [0, 0.1) is 17.8 Å². The molecule has 9 rings (SSSR count). The van der Waals surface area contributed by atoms with Gasteiger partial charge >= 0.3 is 12.2 Å². The second-order valence-electron chi connectivity index (χ2n) is 19.9. The summed E-state index contributed by atoms with van der Waals surface area (Å²) in [4.78, 5) is 76.5. The van der Waals surface area contributed by atoms with E-state index in [-0.39, 0.29) is 62.7 Å². The lowest BCUT2D eigenvalue weighted by Gasteiger charge is -2.34. The van der Waals surface area contributed by atoms with Crippen molar-refractivity contribution in [1.82, 2.24) is 30.1 Å². The summed E-state index contributed by atoms with van der Waals surface area (Å²) in [6.45, 7) is 5.04. The number of likely N-dealkylation sites (tertiary alicyclic amines) is 1. The first-order valence-corrected chi connectivity index (χ1v) is 25.2. The van der Waals surface area contributed by atoms with E-state index in [0.29, 0.717) is 67.2 Å². The van der Waals surface area contributed by atoms with E-state index in [2.05, 4.69) is 21.9 Å². The van der Waals surface area contributed by atoms with Crippen LogP contribution in [0.2, 0.25) is 0 Å². The highest BCUT2D eigenvalue weighted by Gasteiger charge is 2.63. The molecule has 3 aliphatic heterocycles. The average molecular weight is 937 g/mol. The van der Waals surface area contributed by atoms with Crippen LogP contribution in [0.15, 0.2) is 36.9 Å². The number of ether oxygens (including phenoxy) is 3. The Bertz CT molecular complexity index is 2380. The van der Waals surface area contributed by atoms with Crippen molar-refractivity contribution in [2.45, 2.75) is 157 Å². The van der Waals surface area contributed by atoms with Crippen LogP contribution in [0.25, 0.3) is 10.9 Å². The second-order valence-corrected chi connectivity index (χ2v) is 22.1. The number of pyridine rings is 1. The lowest BCUT2D eigenvalue weighted by atomic mass is 9.83. The van der Waals surface area contributed by atoms with Crippen molar-refractivity contribution in [3.63, 3.8) is 0 Å². The van der Waals surface area contributed by atoms with Gasteiger partial charge in [-0.1, -0.05) is 50.3 Å². The Balaban J connectivity index is 1.07. The van der Waals surface area contributed by atoms with Crippen LogP contribution >= 0.6 is 0 Å². The van der Waals surface area contributed by atoms with Gasteiger partial charge in [-0.3, -0.25) is 19.1 Å². The van der Waals surface area contributed by atoms with E-state index in [4.69, 9.17) is 19.2 Å². The van der Waals surface area contributed by atoms with E-state index in [1.54, 1.807) is 19.1 Å². The van der Waals surface area contributed by atoms with Crippen LogP contribution in [0.4, 0.5) is 14.0 Å². The van der Waals surface area contributed by atoms with Gasteiger partial charge in [0.05, 0.1) is 28.9 Å². The van der Waals surface area contributed by atoms with E-state index in [1.165, 1.54) is 11.0 Å². The summed E-state index contributed by atoms with van der Waals surface area (Å²) in [7, 11) is -4.06. The molecule has 0 spiro atoms. The number of carboxylic acid groups (broad SMARTS) is 1. The molecule has 4 heterocycles. The number of hydrogen-bond acceptors (Lipinski definition) is 11. The quantitative estimate of drug-likeness (QED) is 0.236. The molecule has 9 atom stereocenters. The SMILES string of the molecule is C=C[C@@H]1C[C@]1(NC(=O)[C@@H]1C[C@@H]2CN1C(=O)[C@H](C1CCCCC1)NC(=O)O[C@@H]1C[C@H]1CCCCCc1c(nc3ccccc3c1O[C@@H]1CCN(C(=O)O)C[C@@H]1F)O2)C(=O)NS(=O)(=O)C1(C)CC1. The Morgan fingerprint density at radius 2 is 1.73 bits per heavy atom. The Labute approximate surface area is 384 Å². The molecule has 7 aliphatic rings. The van der Waals surface area contributed by atoms with Crippen molar-refractivity contribution in [1.29, 1.82) is 0 Å². The highest BCUT2D eigenvalue weighted by molar-refractivity contribution is 7.91. The molecule has 0 radical (unpaired) electrons. The number of fused-ring (bicyclic) bond motifs is 5. The summed E-state index contributed by atoms with van der Waals surface area (Å²) < 4.78 is 62.6. The minimum Gasteiger partial charge on any atom is -0.486 e. The van der Waals surface area contributed by atoms with Crippen molar-refractivity contribution < 1.29 is 56.1 Å². The summed E-state index contributed by atoms with van der Waals surface area (Å²) in [5.74, 6) is -2.14. The van der Waals surface area contributed by atoms with Gasteiger partial charge < -0.3 is 39.8 Å². The van der Waals surface area contributed by atoms with Crippen LogP contribution in [0.1, 0.15) is 109 Å². The van der Waals surface area contributed by atoms with E-state index in [1.807, 2.05) is 12.1 Å². The zero-order valence-corrected chi connectivity index (χ0v) is 38.2. The number of rotatable bonds is 9. The number of carbonyl (C=O) groups excluding carboxylic acids is 4. The van der Waals surface area contributed by atoms with E-state index < -0.39 is 86.6 Å². The highest BCUT2D eigenvalue weighted by atomic mass is 32.2. The molecule has 4 saturated carbocycles. The van der Waals surface area contributed by atoms with Crippen LogP contribution in [-0.4, -0.2) is 125 Å². The molecule has 358 valence electrons. The molecule has 1 aromatic carbocycles. The Kier molecular flexibility index (Phi) is 12.6. The number of carbonyl (C=O) groups is 5. The Morgan fingerprint density at radius 3 is 2.42 bits per heavy atom. The average Bonchev–Trinajstić information content (AvgIpc) is 4.26. The van der Waals surface area contributed by atoms with Gasteiger partial charge in [-0.15, -0.1) is 6.58 Å². The third kappa shape index (κ3) is 9.24. The van der Waals surface area contributed by atoms with Gasteiger partial charge in [-0.05, 0) is 88.7 Å². The monoisotopic (exact) mass is 936 g/mol. The van der Waals surface area contributed by atoms with Gasteiger partial charge in [0, 0.05) is 30.7 Å². The van der Waals surface area contributed by atoms with Gasteiger partial charge in [-0.2, -0.15) is 0 Å². The van der Waals surface area contributed by atoms with E-state index >= 15 is 9.18 Å². The smallest absolute Gasteiger partial charge is 0.408 e. The third-order valence-corrected chi connectivity index (χ3v) is 17.4. The van der Waals surface area contributed by atoms with Crippen LogP contribution in [0.5, 0.6) is 11.6 Å². The highest BCUT2D eigenvalue weighted by Crippen LogP contribution is 2.48. The van der Waals surface area contributed by atoms with Crippen molar-refractivity contribution >= 4 is 50.8 Å². The molecule has 0 unspecified atom stereocenters. The first-order valence-electron chi connectivity index (χ1n) is 23.8. The fraction of sp³-hybridized carbons (Fsp3) is 0.660. The third-order valence-electron chi connectivity index (χ3n) is 15.2. The topological polar surface area (TPSA) is 223 Å². The molecule has 1 aromatic heterocycles. The lowest BCUT2D eigenvalue weighted by Crippen LogP contribution is -2.59. The molecule has 4 aliphatic carbocycles. The minimum absolute atomic E-state index is 0.0552. The van der Waals surface area contributed by atoms with Crippen molar-refractivity contribution in [3.8, 4) is 11.6 Å².